The maximum Gasteiger partial charge on any atom is 0.175 e. The van der Waals surface area contributed by atoms with E-state index in [1.54, 1.807) is 0 Å². The van der Waals surface area contributed by atoms with Crippen molar-refractivity contribution in [1.29, 1.82) is 0 Å². The zero-order chi connectivity index (χ0) is 12.0. The molecule has 17 heavy (non-hydrogen) atoms. The second-order valence-corrected chi connectivity index (χ2v) is 4.02. The third-order valence-corrected chi connectivity index (χ3v) is 2.94. The number of Topliss-reactive ketones (excluding diaryl/α,β-unsaturated/α-hetero) is 2. The molecule has 5 heteroatoms. The molecule has 0 fully saturated rings. The van der Waals surface area contributed by atoms with Crippen LogP contribution in [0.2, 0.25) is 0 Å². The number of carbonyl (C=O) groups is 2. The number of fused-ring (bicyclic) bond motifs is 3. The minimum Gasteiger partial charge on any atom is -0.504 e. The van der Waals surface area contributed by atoms with Crippen molar-refractivity contribution >= 4 is 11.6 Å². The van der Waals surface area contributed by atoms with Crippen molar-refractivity contribution in [2.24, 2.45) is 0 Å². The van der Waals surface area contributed by atoms with Gasteiger partial charge in [-0.15, -0.1) is 0 Å². The van der Waals surface area contributed by atoms with E-state index in [0.29, 0.717) is 0 Å². The van der Waals surface area contributed by atoms with E-state index in [4.69, 9.17) is 9.47 Å². The van der Waals surface area contributed by atoms with E-state index in [2.05, 4.69) is 0 Å². The van der Waals surface area contributed by atoms with Crippen LogP contribution in [0.4, 0.5) is 0 Å². The Kier molecular flexibility index (Phi) is 2.07. The van der Waals surface area contributed by atoms with Gasteiger partial charge in [0.2, 0.25) is 0 Å². The minimum absolute atomic E-state index is 0.122. The molecule has 0 atom stereocenters. The summed E-state index contributed by atoms with van der Waals surface area (Å²) in [4.78, 5) is 23.5. The van der Waals surface area contributed by atoms with Crippen molar-refractivity contribution in [1.82, 2.24) is 0 Å². The minimum atomic E-state index is -0.175. The smallest absolute Gasteiger partial charge is 0.175 e. The molecule has 0 aliphatic carbocycles. The molecular weight excluding hydrogens is 224 g/mol. The Bertz CT molecular complexity index is 532. The van der Waals surface area contributed by atoms with Crippen LogP contribution in [0.3, 0.4) is 0 Å². The molecule has 1 aromatic carbocycles. The summed E-state index contributed by atoms with van der Waals surface area (Å²) < 4.78 is 10.6. The van der Waals surface area contributed by atoms with Crippen LogP contribution < -0.4 is 9.47 Å². The van der Waals surface area contributed by atoms with E-state index in [1.807, 2.05) is 0 Å². The summed E-state index contributed by atoms with van der Waals surface area (Å²) in [6.07, 6.45) is 0.501. The lowest BCUT2D eigenvalue weighted by atomic mass is 9.95. The van der Waals surface area contributed by atoms with Gasteiger partial charge in [0.25, 0.3) is 0 Å². The van der Waals surface area contributed by atoms with Gasteiger partial charge in [-0.3, -0.25) is 9.59 Å². The van der Waals surface area contributed by atoms with E-state index >= 15 is 0 Å². The van der Waals surface area contributed by atoms with E-state index in [9.17, 15) is 14.7 Å². The lowest BCUT2D eigenvalue weighted by Gasteiger charge is -2.24. The van der Waals surface area contributed by atoms with Gasteiger partial charge in [0.1, 0.15) is 11.3 Å². The Hall–Kier alpha value is -2.04. The largest absolute Gasteiger partial charge is 0.504 e. The highest BCUT2D eigenvalue weighted by atomic mass is 16.5. The second-order valence-electron chi connectivity index (χ2n) is 4.02. The highest BCUT2D eigenvalue weighted by molar-refractivity contribution is 6.09. The number of carbonyl (C=O) groups excluding carboxylic acids is 2. The standard InChI is InChI=1S/C12H10O5/c13-7-1-3-16-11-6(7)5-9(15)12-10(11)8(14)2-4-17-12/h5,15H,1-4H2. The van der Waals surface area contributed by atoms with E-state index in [0.717, 1.165) is 0 Å². The number of benzene rings is 1. The highest BCUT2D eigenvalue weighted by Gasteiger charge is 2.32. The highest BCUT2D eigenvalue weighted by Crippen LogP contribution is 2.44. The first-order valence-corrected chi connectivity index (χ1v) is 5.40. The van der Waals surface area contributed by atoms with Gasteiger partial charge in [0.15, 0.2) is 23.1 Å². The van der Waals surface area contributed by atoms with Crippen molar-refractivity contribution in [3.05, 3.63) is 17.2 Å². The molecule has 88 valence electrons. The molecule has 0 unspecified atom stereocenters. The fraction of sp³-hybridized carbons (Fsp3) is 0.333. The van der Waals surface area contributed by atoms with Crippen LogP contribution in [0.25, 0.3) is 0 Å². The van der Waals surface area contributed by atoms with Crippen molar-refractivity contribution in [3.63, 3.8) is 0 Å². The van der Waals surface area contributed by atoms with Crippen LogP contribution in [0.1, 0.15) is 33.6 Å². The predicted molar refractivity (Wildman–Crippen MR) is 57.0 cm³/mol. The average Bonchev–Trinajstić information content (AvgIpc) is 2.31. The molecule has 1 N–H and O–H groups in total. The monoisotopic (exact) mass is 234 g/mol. The Labute approximate surface area is 97.0 Å². The van der Waals surface area contributed by atoms with Gasteiger partial charge in [0, 0.05) is 12.8 Å². The molecule has 1 aromatic rings. The number of hydrogen-bond acceptors (Lipinski definition) is 5. The number of ether oxygens (including phenoxy) is 2. The zero-order valence-electron chi connectivity index (χ0n) is 8.99. The number of rotatable bonds is 0. The summed E-state index contributed by atoms with van der Waals surface area (Å²) in [7, 11) is 0. The predicted octanol–water partition coefficient (Wildman–Crippen LogP) is 1.32. The fourth-order valence-corrected chi connectivity index (χ4v) is 2.14. The van der Waals surface area contributed by atoms with E-state index < -0.39 is 0 Å². The zero-order valence-corrected chi connectivity index (χ0v) is 8.99. The molecule has 0 saturated heterocycles. The van der Waals surface area contributed by atoms with Crippen LogP contribution in [0, 0.1) is 0 Å². The SMILES string of the molecule is O=C1CCOc2c1cc(O)c1c2C(=O)CCO1. The van der Waals surface area contributed by atoms with Gasteiger partial charge in [-0.1, -0.05) is 0 Å². The number of ketones is 2. The maximum atomic E-state index is 11.8. The van der Waals surface area contributed by atoms with Gasteiger partial charge in [0.05, 0.1) is 18.8 Å². The summed E-state index contributed by atoms with van der Waals surface area (Å²) in [6.45, 7) is 0.502. The van der Waals surface area contributed by atoms with Crippen molar-refractivity contribution < 1.29 is 24.2 Å². The number of phenolic OH excluding ortho intramolecular Hbond substituents is 1. The molecule has 0 saturated carbocycles. The van der Waals surface area contributed by atoms with Crippen molar-refractivity contribution in [3.8, 4) is 17.2 Å². The molecule has 0 bridgehead atoms. The molecule has 0 amide bonds. The molecule has 2 heterocycles. The summed E-state index contributed by atoms with van der Waals surface area (Å²) >= 11 is 0. The molecule has 3 rings (SSSR count). The summed E-state index contributed by atoms with van der Waals surface area (Å²) in [5, 5.41) is 9.76. The number of phenols is 1. The van der Waals surface area contributed by atoms with Crippen LogP contribution in [-0.4, -0.2) is 29.9 Å². The van der Waals surface area contributed by atoms with Crippen molar-refractivity contribution in [2.45, 2.75) is 12.8 Å². The van der Waals surface area contributed by atoms with Crippen LogP contribution in [0.5, 0.6) is 17.2 Å². The maximum absolute atomic E-state index is 11.8. The third kappa shape index (κ3) is 1.39. The molecule has 0 spiro atoms. The van der Waals surface area contributed by atoms with Gasteiger partial charge in [-0.2, -0.15) is 0 Å². The normalized spacial score (nSPS) is 17.9. The van der Waals surface area contributed by atoms with Crippen LogP contribution in [-0.2, 0) is 0 Å². The summed E-state index contributed by atoms with van der Waals surface area (Å²) in [5.74, 6) is -0.0603. The topological polar surface area (TPSA) is 72.8 Å². The molecule has 0 aromatic heterocycles. The average molecular weight is 234 g/mol. The number of hydrogen-bond donors (Lipinski definition) is 1. The molecule has 5 nitrogen and oxygen atoms in total. The Morgan fingerprint density at radius 2 is 1.65 bits per heavy atom. The summed E-state index contributed by atoms with van der Waals surface area (Å²) in [5.41, 5.74) is 0.477. The Morgan fingerprint density at radius 1 is 1.00 bits per heavy atom. The Morgan fingerprint density at radius 3 is 2.41 bits per heavy atom. The van der Waals surface area contributed by atoms with Gasteiger partial charge >= 0.3 is 0 Å². The van der Waals surface area contributed by atoms with Gasteiger partial charge in [-0.25, -0.2) is 0 Å². The van der Waals surface area contributed by atoms with Crippen LogP contribution >= 0.6 is 0 Å². The van der Waals surface area contributed by atoms with Crippen molar-refractivity contribution in [2.75, 3.05) is 13.2 Å². The lowest BCUT2D eigenvalue weighted by molar-refractivity contribution is 0.0906. The molecule has 0 radical (unpaired) electrons. The van der Waals surface area contributed by atoms with E-state index in [-0.39, 0.29) is 66.0 Å². The first-order valence-electron chi connectivity index (χ1n) is 5.40. The molecular formula is C12H10O5. The summed E-state index contributed by atoms with van der Waals surface area (Å²) in [6, 6.07) is 1.31. The lowest BCUT2D eigenvalue weighted by Crippen LogP contribution is -2.22. The number of aromatic hydroxyl groups is 1. The quantitative estimate of drug-likeness (QED) is 0.732. The first-order chi connectivity index (χ1) is 8.18. The first kappa shape index (κ1) is 10.1. The fourth-order valence-electron chi connectivity index (χ4n) is 2.14. The molecule has 2 aliphatic heterocycles. The van der Waals surface area contributed by atoms with E-state index in [1.165, 1.54) is 6.07 Å². The Balaban J connectivity index is 2.30. The van der Waals surface area contributed by atoms with Gasteiger partial charge in [-0.05, 0) is 6.07 Å². The third-order valence-electron chi connectivity index (χ3n) is 2.94. The van der Waals surface area contributed by atoms with Crippen LogP contribution in [0.15, 0.2) is 6.07 Å². The molecule has 2 aliphatic rings. The van der Waals surface area contributed by atoms with Gasteiger partial charge < -0.3 is 14.6 Å². The second kappa shape index (κ2) is 3.48.